The smallest absolute Gasteiger partial charge is 0.512 e. The summed E-state index contributed by atoms with van der Waals surface area (Å²) in [5.41, 5.74) is 5.75. The summed E-state index contributed by atoms with van der Waals surface area (Å²) in [6, 6.07) is 0. The topological polar surface area (TPSA) is 221 Å². The predicted octanol–water partition coefficient (Wildman–Crippen LogP) is -7.61. The molecule has 0 bridgehead atoms. The van der Waals surface area contributed by atoms with Crippen LogP contribution >= 0.6 is 0 Å². The van der Waals surface area contributed by atoms with Crippen LogP contribution in [0, 0.1) is 64.1 Å². The van der Waals surface area contributed by atoms with Crippen LogP contribution in [0.5, 0.6) is 0 Å². The first kappa shape index (κ1) is 131. The molecular weight excluding hydrogens is 294 g/mol. The van der Waals surface area contributed by atoms with Crippen LogP contribution in [0.4, 0.5) is 0 Å². The predicted molar refractivity (Wildman–Crippen MR) is 37.6 cm³/mol. The van der Waals surface area contributed by atoms with E-state index in [0.717, 1.165) is 0 Å². The van der Waals surface area contributed by atoms with Gasteiger partial charge in [0.25, 0.3) is 0 Å². The second-order valence-corrected chi connectivity index (χ2v) is 0. The fraction of sp³-hybridized carbons (Fsp3) is 0. The minimum atomic E-state index is 0. The molecule has 0 rings (SSSR count). The molecule has 17 heavy (non-hydrogen) atoms. The normalized spacial score (nSPS) is 0.824. The van der Waals surface area contributed by atoms with Gasteiger partial charge in [-0.15, -0.1) is 4.91 Å². The van der Waals surface area contributed by atoms with Gasteiger partial charge in [-0.05, 0) is 0 Å². The van der Waals surface area contributed by atoms with E-state index in [1.165, 1.54) is 0 Å². The van der Waals surface area contributed by atoms with Crippen LogP contribution in [0.1, 0.15) is 0 Å². The van der Waals surface area contributed by atoms with Crippen molar-refractivity contribution in [3.05, 3.63) is 37.8 Å². The molecule has 0 aliphatic rings. The van der Waals surface area contributed by atoms with Crippen LogP contribution in [-0.2, 0) is 17.1 Å². The Kier molecular flexibility index (Phi) is 96400. The second-order valence-electron chi connectivity index (χ2n) is 0. The molecule has 0 atom stereocenters. The molecule has 0 unspecified atom stereocenters. The molecular formula is C5H4FeN6Na2O3. The Morgan fingerprint density at radius 1 is 0.471 bits per heavy atom. The van der Waals surface area contributed by atoms with E-state index in [1.54, 1.807) is 0 Å². The third kappa shape index (κ3) is 10800. The number of hydrogen-bond acceptors (Lipinski definition) is 6. The van der Waals surface area contributed by atoms with Crippen molar-refractivity contribution in [2.24, 2.45) is 0 Å². The summed E-state index contributed by atoms with van der Waals surface area (Å²) in [7, 11) is 0. The van der Waals surface area contributed by atoms with Crippen molar-refractivity contribution in [1.82, 2.24) is 5.59 Å². The van der Waals surface area contributed by atoms with Crippen molar-refractivity contribution in [3.8, 4) is 0 Å². The summed E-state index contributed by atoms with van der Waals surface area (Å²) in [6.45, 7) is 23.8. The fourth-order valence-electron chi connectivity index (χ4n) is 0. The summed E-state index contributed by atoms with van der Waals surface area (Å²) in [6.07, 6.45) is 0. The first-order chi connectivity index (χ1) is 6.00. The molecule has 2 radical (unpaired) electrons. The van der Waals surface area contributed by atoms with Crippen LogP contribution in [-0.4, -0.2) is 11.0 Å². The minimum Gasteiger partial charge on any atom is -0.512 e. The first-order valence-electron chi connectivity index (χ1n) is 1.30. The Labute approximate surface area is 155 Å². The van der Waals surface area contributed by atoms with Crippen LogP contribution in [0.3, 0.4) is 0 Å². The summed E-state index contributed by atoms with van der Waals surface area (Å²) in [5, 5.41) is 31.2. The SMILES string of the molecule is O.O.[C-]#N.[C-]#N.[C-]#N.[C-]#N.[C-]#N.[Fe+3].[N]=O.[Na+].[Na+]. The quantitative estimate of drug-likeness (QED) is 0.311. The molecule has 0 aromatic carbocycles. The van der Waals surface area contributed by atoms with Crippen LogP contribution < -0.4 is 64.7 Å². The standard InChI is InChI=1S/5CN.Fe.NO.2Na.2H2O/c5*1-2;;1-2;;;;/h;;;;;;;;;2*1H2/q5*-1;+3;;2*+1;;. The molecule has 0 aliphatic heterocycles. The van der Waals surface area contributed by atoms with E-state index >= 15 is 0 Å². The van der Waals surface area contributed by atoms with Crippen molar-refractivity contribution in [1.29, 1.82) is 26.3 Å². The number of hydrogen-bond donors (Lipinski definition) is 0. The molecule has 9 nitrogen and oxygen atoms in total. The number of nitroso groups, excluding NO2 is 1. The monoisotopic (exact) mass is 298 g/mol. The van der Waals surface area contributed by atoms with Crippen molar-refractivity contribution in [3.63, 3.8) is 0 Å². The van der Waals surface area contributed by atoms with Crippen LogP contribution in [0.15, 0.2) is 0 Å². The van der Waals surface area contributed by atoms with Gasteiger partial charge in [0.2, 0.25) is 0 Å². The van der Waals surface area contributed by atoms with E-state index < -0.39 is 0 Å². The van der Waals surface area contributed by atoms with E-state index in [0.29, 0.717) is 0 Å². The maximum absolute atomic E-state index is 7.25. The average molecular weight is 298 g/mol. The van der Waals surface area contributed by atoms with Gasteiger partial charge < -0.3 is 70.1 Å². The largest absolute Gasteiger partial charge is 3.00 e. The average Bonchev–Trinajstić information content (AvgIpc) is 2.33. The molecule has 82 valence electrons. The number of rotatable bonds is 0. The zero-order chi connectivity index (χ0) is 12.0. The summed E-state index contributed by atoms with van der Waals surface area (Å²) >= 11 is 0. The van der Waals surface area contributed by atoms with E-state index in [9.17, 15) is 0 Å². The molecule has 0 aromatic heterocycles. The van der Waals surface area contributed by atoms with Gasteiger partial charge in [-0.25, -0.2) is 0 Å². The van der Waals surface area contributed by atoms with Crippen molar-refractivity contribution in [2.75, 3.05) is 0 Å². The van der Waals surface area contributed by atoms with E-state index in [1.807, 2.05) is 0 Å². The van der Waals surface area contributed by atoms with Gasteiger partial charge in [0, 0.05) is 0 Å². The molecule has 0 aliphatic carbocycles. The van der Waals surface area contributed by atoms with Gasteiger partial charge in [0.1, 0.15) is 5.59 Å². The zero-order valence-corrected chi connectivity index (χ0v) is 14.0. The third-order valence-electron chi connectivity index (χ3n) is 0. The maximum atomic E-state index is 7.25. The summed E-state index contributed by atoms with van der Waals surface area (Å²) < 4.78 is 0. The first-order valence-corrected chi connectivity index (χ1v) is 1.30. The zero-order valence-electron chi connectivity index (χ0n) is 8.95. The van der Waals surface area contributed by atoms with Gasteiger partial charge in [-0.3, -0.25) is 0 Å². The molecule has 12 heteroatoms. The molecule has 0 spiro atoms. The van der Waals surface area contributed by atoms with Gasteiger partial charge in [0.15, 0.2) is 0 Å². The van der Waals surface area contributed by atoms with Crippen LogP contribution in [0.25, 0.3) is 0 Å². The van der Waals surface area contributed by atoms with E-state index in [2.05, 4.69) is 0 Å². The summed E-state index contributed by atoms with van der Waals surface area (Å²) in [5.74, 6) is 0. The Morgan fingerprint density at radius 2 is 0.471 bits per heavy atom. The number of nitrogens with zero attached hydrogens (tertiary/aromatic N) is 6. The maximum Gasteiger partial charge on any atom is 3.00 e. The molecule has 0 fully saturated rings. The van der Waals surface area contributed by atoms with Gasteiger partial charge in [-0.1, -0.05) is 0 Å². The Hall–Kier alpha value is -0.511. The van der Waals surface area contributed by atoms with Gasteiger partial charge >= 0.3 is 76.2 Å². The van der Waals surface area contributed by atoms with Gasteiger partial charge in [-0.2, -0.15) is 0 Å². The third-order valence-corrected chi connectivity index (χ3v) is 0. The Bertz CT molecular complexity index is 105. The van der Waals surface area contributed by atoms with Crippen molar-refractivity contribution in [2.45, 2.75) is 0 Å². The van der Waals surface area contributed by atoms with Gasteiger partial charge in [0.05, 0.1) is 0 Å². The molecule has 0 amide bonds. The minimum absolute atomic E-state index is 0. The van der Waals surface area contributed by atoms with E-state index in [4.69, 9.17) is 69.7 Å². The molecule has 4 N–H and O–H groups in total. The second kappa shape index (κ2) is 12500. The molecule has 0 saturated heterocycles. The van der Waals surface area contributed by atoms with Crippen molar-refractivity contribution >= 4 is 0 Å². The Morgan fingerprint density at radius 3 is 0.471 bits per heavy atom. The molecule has 0 aromatic rings. The summed E-state index contributed by atoms with van der Waals surface area (Å²) in [4.78, 5) is 7.25. The molecule has 0 saturated carbocycles. The van der Waals surface area contributed by atoms with Crippen LogP contribution in [0.2, 0.25) is 0 Å². The fourth-order valence-corrected chi connectivity index (χ4v) is 0. The Balaban J connectivity index is -0.00000000267. The van der Waals surface area contributed by atoms with E-state index in [-0.39, 0.29) is 87.1 Å². The van der Waals surface area contributed by atoms with Crippen molar-refractivity contribution < 1.29 is 87.1 Å². The molecule has 0 heterocycles.